The molecule has 1 aromatic carbocycles. The molecule has 0 fully saturated rings. The second-order valence-electron chi connectivity index (χ2n) is 3.35. The van der Waals surface area contributed by atoms with Crippen LogP contribution in [0.1, 0.15) is 23.6 Å². The van der Waals surface area contributed by atoms with E-state index in [1.54, 1.807) is 6.07 Å². The Morgan fingerprint density at radius 1 is 1.56 bits per heavy atom. The molecule has 0 bridgehead atoms. The lowest BCUT2D eigenvalue weighted by Crippen LogP contribution is -2.08. The molecule has 0 aliphatic heterocycles. The van der Waals surface area contributed by atoms with Crippen LogP contribution in [0.2, 0.25) is 0 Å². The van der Waals surface area contributed by atoms with E-state index in [0.29, 0.717) is 5.56 Å². The number of carbonyl (C=O) groups is 1. The molecule has 0 amide bonds. The molecule has 0 N–H and O–H groups in total. The summed E-state index contributed by atoms with van der Waals surface area (Å²) in [5, 5.41) is 9.01. The maximum atomic E-state index is 11.3. The van der Waals surface area contributed by atoms with Gasteiger partial charge in [0.15, 0.2) is 0 Å². The Morgan fingerprint density at radius 2 is 2.25 bits per heavy atom. The predicted molar refractivity (Wildman–Crippen MR) is 63.5 cm³/mol. The number of hydrogen-bond acceptors (Lipinski definition) is 4. The quantitative estimate of drug-likeness (QED) is 0.645. The van der Waals surface area contributed by atoms with Crippen molar-refractivity contribution in [1.29, 1.82) is 5.26 Å². The molecule has 0 aliphatic carbocycles. The summed E-state index contributed by atoms with van der Waals surface area (Å²) in [7, 11) is 1.34. The second-order valence-corrected chi connectivity index (χ2v) is 3.87. The van der Waals surface area contributed by atoms with Crippen LogP contribution in [0.25, 0.3) is 0 Å². The molecule has 1 aromatic rings. The maximum Gasteiger partial charge on any atom is 0.310 e. The number of aryl methyl sites for hydroxylation is 1. The first-order chi connectivity index (χ1) is 7.62. The summed E-state index contributed by atoms with van der Waals surface area (Å²) in [6.07, 6.45) is 0.895. The van der Waals surface area contributed by atoms with Crippen LogP contribution in [0.15, 0.2) is 17.0 Å². The van der Waals surface area contributed by atoms with Gasteiger partial charge in [0.05, 0.1) is 25.2 Å². The minimum Gasteiger partial charge on any atom is -0.469 e. The summed E-state index contributed by atoms with van der Waals surface area (Å²) in [6, 6.07) is 5.63. The number of benzene rings is 1. The highest BCUT2D eigenvalue weighted by atomic mass is 32.1. The number of nitriles is 1. The number of rotatable bonds is 3. The van der Waals surface area contributed by atoms with Crippen LogP contribution in [0.5, 0.6) is 0 Å². The van der Waals surface area contributed by atoms with Crippen LogP contribution >= 0.6 is 12.6 Å². The maximum absolute atomic E-state index is 11.3. The highest BCUT2D eigenvalue weighted by molar-refractivity contribution is 7.80. The number of nitrogens with zero attached hydrogens (tertiary/aromatic N) is 1. The van der Waals surface area contributed by atoms with Crippen molar-refractivity contribution in [1.82, 2.24) is 0 Å². The number of ether oxygens (including phenoxy) is 1. The van der Waals surface area contributed by atoms with Crippen LogP contribution in [0.4, 0.5) is 0 Å². The third-order valence-corrected chi connectivity index (χ3v) is 2.64. The van der Waals surface area contributed by atoms with Crippen LogP contribution in [0, 0.1) is 11.3 Å². The third kappa shape index (κ3) is 2.77. The SMILES string of the molecule is CCc1cc(S)cc(C#N)c1CC(=O)OC. The number of carbonyl (C=O) groups excluding carboxylic acids is 1. The van der Waals surface area contributed by atoms with Gasteiger partial charge in [-0.2, -0.15) is 5.26 Å². The standard InChI is InChI=1S/C12H13NO2S/c1-3-8-4-10(16)5-9(7-13)11(8)6-12(14)15-2/h4-5,16H,3,6H2,1-2H3. The van der Waals surface area contributed by atoms with Gasteiger partial charge < -0.3 is 4.74 Å². The number of hydrogen-bond donors (Lipinski definition) is 1. The van der Waals surface area contributed by atoms with Gasteiger partial charge in [0.25, 0.3) is 0 Å². The van der Waals surface area contributed by atoms with E-state index in [4.69, 9.17) is 5.26 Å². The number of esters is 1. The molecule has 1 rings (SSSR count). The van der Waals surface area contributed by atoms with Gasteiger partial charge in [-0.3, -0.25) is 4.79 Å². The van der Waals surface area contributed by atoms with Crippen molar-refractivity contribution in [2.75, 3.05) is 7.11 Å². The van der Waals surface area contributed by atoms with Gasteiger partial charge in [0.2, 0.25) is 0 Å². The van der Waals surface area contributed by atoms with E-state index in [-0.39, 0.29) is 12.4 Å². The number of methoxy groups -OCH3 is 1. The Balaban J connectivity index is 3.23. The molecule has 84 valence electrons. The van der Waals surface area contributed by atoms with Crippen LogP contribution in [-0.4, -0.2) is 13.1 Å². The van der Waals surface area contributed by atoms with Gasteiger partial charge >= 0.3 is 5.97 Å². The Labute approximate surface area is 100 Å². The lowest BCUT2D eigenvalue weighted by Gasteiger charge is -2.10. The lowest BCUT2D eigenvalue weighted by atomic mass is 9.97. The summed E-state index contributed by atoms with van der Waals surface area (Å²) < 4.78 is 4.62. The Kier molecular flexibility index (Phi) is 4.39. The van der Waals surface area contributed by atoms with Crippen molar-refractivity contribution in [3.8, 4) is 6.07 Å². The predicted octanol–water partition coefficient (Wildman–Crippen LogP) is 2.12. The van der Waals surface area contributed by atoms with Crippen molar-refractivity contribution in [2.24, 2.45) is 0 Å². The molecule has 0 atom stereocenters. The van der Waals surface area contributed by atoms with Crippen molar-refractivity contribution < 1.29 is 9.53 Å². The summed E-state index contributed by atoms with van der Waals surface area (Å²) in [5.41, 5.74) is 2.21. The Bertz CT molecular complexity index is 449. The van der Waals surface area contributed by atoms with Gasteiger partial charge in [0.1, 0.15) is 0 Å². The summed E-state index contributed by atoms with van der Waals surface area (Å²) >= 11 is 4.23. The van der Waals surface area contributed by atoms with Gasteiger partial charge in [-0.15, -0.1) is 12.6 Å². The topological polar surface area (TPSA) is 50.1 Å². The first-order valence-electron chi connectivity index (χ1n) is 4.94. The van der Waals surface area contributed by atoms with E-state index >= 15 is 0 Å². The molecule has 0 spiro atoms. The fraction of sp³-hybridized carbons (Fsp3) is 0.333. The van der Waals surface area contributed by atoms with Crippen LogP contribution < -0.4 is 0 Å². The summed E-state index contributed by atoms with van der Waals surface area (Å²) in [4.78, 5) is 12.0. The minimum absolute atomic E-state index is 0.136. The largest absolute Gasteiger partial charge is 0.469 e. The fourth-order valence-corrected chi connectivity index (χ4v) is 1.84. The van der Waals surface area contributed by atoms with Crippen LogP contribution in [-0.2, 0) is 22.4 Å². The highest BCUT2D eigenvalue weighted by Gasteiger charge is 2.13. The van der Waals surface area contributed by atoms with E-state index in [2.05, 4.69) is 23.4 Å². The zero-order chi connectivity index (χ0) is 12.1. The number of thiol groups is 1. The minimum atomic E-state index is -0.335. The van der Waals surface area contributed by atoms with Gasteiger partial charge in [0, 0.05) is 4.90 Å². The molecule has 4 heteroatoms. The molecule has 0 radical (unpaired) electrons. The molecule has 0 aromatic heterocycles. The Morgan fingerprint density at radius 3 is 2.75 bits per heavy atom. The molecule has 0 heterocycles. The zero-order valence-electron chi connectivity index (χ0n) is 9.28. The fourth-order valence-electron chi connectivity index (χ4n) is 1.56. The molecule has 0 unspecified atom stereocenters. The first kappa shape index (κ1) is 12.6. The van der Waals surface area contributed by atoms with E-state index in [1.807, 2.05) is 13.0 Å². The van der Waals surface area contributed by atoms with Gasteiger partial charge in [-0.1, -0.05) is 6.92 Å². The van der Waals surface area contributed by atoms with E-state index in [1.165, 1.54) is 7.11 Å². The molecule has 0 saturated carbocycles. The molecule has 0 saturated heterocycles. The zero-order valence-corrected chi connectivity index (χ0v) is 10.2. The second kappa shape index (κ2) is 5.57. The average molecular weight is 235 g/mol. The van der Waals surface area contributed by atoms with Crippen molar-refractivity contribution in [3.05, 3.63) is 28.8 Å². The van der Waals surface area contributed by atoms with E-state index in [0.717, 1.165) is 22.4 Å². The normalized spacial score (nSPS) is 9.62. The van der Waals surface area contributed by atoms with E-state index in [9.17, 15) is 4.79 Å². The molecular weight excluding hydrogens is 222 g/mol. The van der Waals surface area contributed by atoms with Crippen molar-refractivity contribution >= 4 is 18.6 Å². The Hall–Kier alpha value is -1.47. The summed E-state index contributed by atoms with van der Waals surface area (Å²) in [6.45, 7) is 1.98. The smallest absolute Gasteiger partial charge is 0.310 e. The molecular formula is C12H13NO2S. The van der Waals surface area contributed by atoms with E-state index < -0.39 is 0 Å². The average Bonchev–Trinajstić information content (AvgIpc) is 2.30. The van der Waals surface area contributed by atoms with Crippen molar-refractivity contribution in [2.45, 2.75) is 24.7 Å². The molecule has 16 heavy (non-hydrogen) atoms. The monoisotopic (exact) mass is 235 g/mol. The molecule has 0 aliphatic rings. The van der Waals surface area contributed by atoms with Gasteiger partial charge in [-0.25, -0.2) is 0 Å². The van der Waals surface area contributed by atoms with Gasteiger partial charge in [-0.05, 0) is 29.7 Å². The van der Waals surface area contributed by atoms with Crippen molar-refractivity contribution in [3.63, 3.8) is 0 Å². The summed E-state index contributed by atoms with van der Waals surface area (Å²) in [5.74, 6) is -0.335. The first-order valence-corrected chi connectivity index (χ1v) is 5.38. The van der Waals surface area contributed by atoms with Crippen LogP contribution in [0.3, 0.4) is 0 Å². The highest BCUT2D eigenvalue weighted by Crippen LogP contribution is 2.21. The lowest BCUT2D eigenvalue weighted by molar-refractivity contribution is -0.139. The molecule has 3 nitrogen and oxygen atoms in total. The third-order valence-electron chi connectivity index (χ3n) is 2.38.